The van der Waals surface area contributed by atoms with E-state index in [0.717, 1.165) is 24.1 Å². The van der Waals surface area contributed by atoms with E-state index in [9.17, 15) is 22.7 Å². The van der Waals surface area contributed by atoms with E-state index < -0.39 is 23.2 Å². The molecule has 0 aromatic heterocycles. The van der Waals surface area contributed by atoms with Crippen LogP contribution in [0.5, 0.6) is 0 Å². The van der Waals surface area contributed by atoms with Crippen LogP contribution in [0.3, 0.4) is 0 Å². The van der Waals surface area contributed by atoms with Crippen LogP contribution < -0.4 is 0 Å². The molecule has 0 saturated heterocycles. The third-order valence-corrected chi connectivity index (χ3v) is 5.79. The molecule has 152 valence electrons. The number of halogens is 4. The summed E-state index contributed by atoms with van der Waals surface area (Å²) >= 11 is 0. The maximum atomic E-state index is 13.8. The largest absolute Gasteiger partial charge is 0.419 e. The second-order valence-corrected chi connectivity index (χ2v) is 7.79. The Morgan fingerprint density at radius 2 is 1.75 bits per heavy atom. The Kier molecular flexibility index (Phi) is 5.82. The number of aliphatic hydroxyl groups is 1. The number of alkyl halides is 3. The van der Waals surface area contributed by atoms with Crippen LogP contribution in [-0.2, 0) is 11.8 Å². The molecule has 0 spiro atoms. The summed E-state index contributed by atoms with van der Waals surface area (Å²) in [4.78, 5) is 1.99. The Hall–Kier alpha value is -1.92. The number of benzene rings is 2. The van der Waals surface area contributed by atoms with Crippen LogP contribution in [0.15, 0.2) is 48.5 Å². The third kappa shape index (κ3) is 3.94. The smallest absolute Gasteiger partial charge is 0.385 e. The summed E-state index contributed by atoms with van der Waals surface area (Å²) in [5, 5.41) is 11.6. The van der Waals surface area contributed by atoms with Gasteiger partial charge in [-0.15, -0.1) is 0 Å². The Labute approximate surface area is 162 Å². The topological polar surface area (TPSA) is 23.5 Å². The van der Waals surface area contributed by atoms with Gasteiger partial charge in [0.2, 0.25) is 0 Å². The Bertz CT molecular complexity index is 806. The first-order valence-corrected chi connectivity index (χ1v) is 9.45. The minimum absolute atomic E-state index is 0.133. The predicted octanol–water partition coefficient (Wildman–Crippen LogP) is 5.53. The third-order valence-electron chi connectivity index (χ3n) is 5.79. The first-order chi connectivity index (χ1) is 13.1. The van der Waals surface area contributed by atoms with E-state index in [1.54, 1.807) is 0 Å². The van der Waals surface area contributed by atoms with Gasteiger partial charge in [0.15, 0.2) is 0 Å². The maximum absolute atomic E-state index is 13.8. The number of nitrogens with zero attached hydrogens (tertiary/aromatic N) is 1. The molecule has 2 aromatic rings. The van der Waals surface area contributed by atoms with Gasteiger partial charge < -0.3 is 10.0 Å². The summed E-state index contributed by atoms with van der Waals surface area (Å²) in [6, 6.07) is 12.4. The van der Waals surface area contributed by atoms with Crippen molar-refractivity contribution in [2.75, 3.05) is 14.1 Å². The molecule has 3 atom stereocenters. The number of rotatable bonds is 4. The monoisotopic (exact) mass is 395 g/mol. The minimum atomic E-state index is -4.80. The van der Waals surface area contributed by atoms with Gasteiger partial charge in [0.05, 0.1) is 11.2 Å². The van der Waals surface area contributed by atoms with Gasteiger partial charge in [0, 0.05) is 12.0 Å². The van der Waals surface area contributed by atoms with Gasteiger partial charge in [-0.3, -0.25) is 0 Å². The lowest BCUT2D eigenvalue weighted by Gasteiger charge is -2.46. The van der Waals surface area contributed by atoms with Crippen molar-refractivity contribution in [3.05, 3.63) is 71.0 Å². The van der Waals surface area contributed by atoms with E-state index in [1.807, 2.05) is 49.3 Å². The molecule has 2 aromatic carbocycles. The zero-order valence-corrected chi connectivity index (χ0v) is 16.0. The second kappa shape index (κ2) is 7.84. The summed E-state index contributed by atoms with van der Waals surface area (Å²) < 4.78 is 53.5. The van der Waals surface area contributed by atoms with Gasteiger partial charge in [-0.2, -0.15) is 13.2 Å². The second-order valence-electron chi connectivity index (χ2n) is 7.79. The fourth-order valence-corrected chi connectivity index (χ4v) is 4.51. The van der Waals surface area contributed by atoms with Crippen molar-refractivity contribution in [2.24, 2.45) is 5.92 Å². The lowest BCUT2D eigenvalue weighted by Crippen LogP contribution is -2.45. The molecule has 1 aliphatic rings. The summed E-state index contributed by atoms with van der Waals surface area (Å²) in [7, 11) is 3.80. The van der Waals surface area contributed by atoms with Crippen molar-refractivity contribution in [2.45, 2.75) is 43.5 Å². The molecule has 0 radical (unpaired) electrons. The molecule has 28 heavy (non-hydrogen) atoms. The number of hydrogen-bond acceptors (Lipinski definition) is 2. The summed E-state index contributed by atoms with van der Waals surface area (Å²) in [5.41, 5.74) is -1.66. The minimum Gasteiger partial charge on any atom is -0.385 e. The average Bonchev–Trinajstić information content (AvgIpc) is 2.63. The Balaban J connectivity index is 2.09. The molecular formula is C22H25F4NO. The highest BCUT2D eigenvalue weighted by Crippen LogP contribution is 2.49. The zero-order chi connectivity index (χ0) is 20.5. The fourth-order valence-electron chi connectivity index (χ4n) is 4.51. The standard InChI is InChI=1S/C22H25F4NO/c1-27(2)20(15-8-4-3-5-9-15)17-10-6-7-13-21(17,28)16-11-12-19(23)18(14-16)22(24,25)26/h3-5,8-9,11-12,14,17,20,28H,6-7,10,13H2,1-2H3. The molecule has 2 nitrogen and oxygen atoms in total. The van der Waals surface area contributed by atoms with Crippen LogP contribution in [0, 0.1) is 11.7 Å². The maximum Gasteiger partial charge on any atom is 0.419 e. The van der Waals surface area contributed by atoms with E-state index in [0.29, 0.717) is 19.3 Å². The van der Waals surface area contributed by atoms with Crippen molar-refractivity contribution >= 4 is 0 Å². The number of hydrogen-bond donors (Lipinski definition) is 1. The normalized spacial score (nSPS) is 24.4. The molecule has 6 heteroatoms. The molecular weight excluding hydrogens is 370 g/mol. The Morgan fingerprint density at radius 1 is 1.07 bits per heavy atom. The van der Waals surface area contributed by atoms with Crippen LogP contribution in [0.2, 0.25) is 0 Å². The van der Waals surface area contributed by atoms with Gasteiger partial charge in [0.1, 0.15) is 5.82 Å². The van der Waals surface area contributed by atoms with Gasteiger partial charge >= 0.3 is 6.18 Å². The first kappa shape index (κ1) is 20.8. The molecule has 0 bridgehead atoms. The summed E-state index contributed by atoms with van der Waals surface area (Å²) in [5.74, 6) is -1.63. The van der Waals surface area contributed by atoms with Gasteiger partial charge in [-0.25, -0.2) is 4.39 Å². The van der Waals surface area contributed by atoms with E-state index in [1.165, 1.54) is 6.07 Å². The highest BCUT2D eigenvalue weighted by molar-refractivity contribution is 5.33. The Morgan fingerprint density at radius 3 is 2.36 bits per heavy atom. The summed E-state index contributed by atoms with van der Waals surface area (Å²) in [6.45, 7) is 0. The molecule has 3 unspecified atom stereocenters. The average molecular weight is 395 g/mol. The van der Waals surface area contributed by atoms with Gasteiger partial charge in [-0.1, -0.05) is 49.2 Å². The van der Waals surface area contributed by atoms with Gasteiger partial charge in [0.25, 0.3) is 0 Å². The van der Waals surface area contributed by atoms with E-state index in [2.05, 4.69) is 0 Å². The first-order valence-electron chi connectivity index (χ1n) is 9.45. The zero-order valence-electron chi connectivity index (χ0n) is 16.0. The van der Waals surface area contributed by atoms with E-state index in [4.69, 9.17) is 0 Å². The molecule has 0 amide bonds. The lowest BCUT2D eigenvalue weighted by atomic mass is 9.66. The molecule has 1 fully saturated rings. The van der Waals surface area contributed by atoms with Crippen molar-refractivity contribution < 1.29 is 22.7 Å². The highest BCUT2D eigenvalue weighted by atomic mass is 19.4. The van der Waals surface area contributed by atoms with Crippen molar-refractivity contribution in [3.63, 3.8) is 0 Å². The van der Waals surface area contributed by atoms with Gasteiger partial charge in [-0.05, 0) is 50.2 Å². The lowest BCUT2D eigenvalue weighted by molar-refractivity contribution is -0.140. The van der Waals surface area contributed by atoms with Crippen LogP contribution in [-0.4, -0.2) is 24.1 Å². The van der Waals surface area contributed by atoms with Crippen LogP contribution in [0.25, 0.3) is 0 Å². The quantitative estimate of drug-likeness (QED) is 0.689. The van der Waals surface area contributed by atoms with Crippen molar-refractivity contribution in [1.29, 1.82) is 0 Å². The molecule has 1 saturated carbocycles. The van der Waals surface area contributed by atoms with Crippen LogP contribution in [0.1, 0.15) is 48.4 Å². The SMILES string of the molecule is CN(C)C(c1ccccc1)C1CCCCC1(O)c1ccc(F)c(C(F)(F)F)c1. The molecule has 1 aliphatic carbocycles. The molecule has 3 rings (SSSR count). The van der Waals surface area contributed by atoms with E-state index >= 15 is 0 Å². The molecule has 1 N–H and O–H groups in total. The highest BCUT2D eigenvalue weighted by Gasteiger charge is 2.46. The fraction of sp³-hybridized carbons (Fsp3) is 0.455. The summed E-state index contributed by atoms with van der Waals surface area (Å²) in [6.07, 6.45) is -2.19. The molecule has 0 heterocycles. The molecule has 0 aliphatic heterocycles. The van der Waals surface area contributed by atoms with Crippen LogP contribution >= 0.6 is 0 Å². The van der Waals surface area contributed by atoms with Crippen LogP contribution in [0.4, 0.5) is 17.6 Å². The van der Waals surface area contributed by atoms with E-state index in [-0.39, 0.29) is 17.5 Å². The predicted molar refractivity (Wildman–Crippen MR) is 100 cm³/mol. The van der Waals surface area contributed by atoms with Crippen molar-refractivity contribution in [3.8, 4) is 0 Å². The van der Waals surface area contributed by atoms with Crippen molar-refractivity contribution in [1.82, 2.24) is 4.90 Å².